The molecule has 0 fully saturated rings. The van der Waals surface area contributed by atoms with Gasteiger partial charge in [-0.2, -0.15) is 0 Å². The van der Waals surface area contributed by atoms with Crippen molar-refractivity contribution in [3.8, 4) is 0 Å². The first-order valence-corrected chi connectivity index (χ1v) is 6.87. The molecular formula is C15H8BrF2NO2. The average Bonchev–Trinajstić information content (AvgIpc) is 2.67. The molecule has 106 valence electrons. The molecule has 0 bridgehead atoms. The predicted octanol–water partition coefficient (Wildman–Crippen LogP) is 3.46. The molecular weight excluding hydrogens is 344 g/mol. The molecule has 1 amide bonds. The summed E-state index contributed by atoms with van der Waals surface area (Å²) in [6, 6.07) is 8.65. The summed E-state index contributed by atoms with van der Waals surface area (Å²) in [4.78, 5) is 24.9. The van der Waals surface area contributed by atoms with Crippen molar-refractivity contribution in [2.75, 3.05) is 4.90 Å². The Hall–Kier alpha value is -2.08. The number of amides is 1. The van der Waals surface area contributed by atoms with Crippen molar-refractivity contribution < 1.29 is 18.4 Å². The zero-order valence-corrected chi connectivity index (χ0v) is 12.2. The van der Waals surface area contributed by atoms with E-state index in [0.717, 1.165) is 21.0 Å². The Morgan fingerprint density at radius 1 is 1.10 bits per heavy atom. The molecule has 0 saturated carbocycles. The molecule has 0 N–H and O–H groups in total. The first-order chi connectivity index (χ1) is 9.99. The minimum atomic E-state index is -0.920. The number of anilines is 1. The lowest BCUT2D eigenvalue weighted by molar-refractivity contribution is -0.114. The van der Waals surface area contributed by atoms with Crippen LogP contribution in [0.5, 0.6) is 0 Å². The van der Waals surface area contributed by atoms with Crippen molar-refractivity contribution >= 4 is 33.3 Å². The van der Waals surface area contributed by atoms with Gasteiger partial charge < -0.3 is 0 Å². The number of carbonyl (C=O) groups is 2. The molecule has 0 unspecified atom stereocenters. The molecule has 1 aliphatic rings. The Labute approximate surface area is 127 Å². The average molecular weight is 352 g/mol. The van der Waals surface area contributed by atoms with Crippen LogP contribution < -0.4 is 4.90 Å². The molecule has 2 aromatic carbocycles. The largest absolute Gasteiger partial charge is 0.299 e. The zero-order valence-electron chi connectivity index (χ0n) is 10.6. The lowest BCUT2D eigenvalue weighted by atomic mass is 10.1. The number of hydrogen-bond acceptors (Lipinski definition) is 2. The maximum atomic E-state index is 14.0. The van der Waals surface area contributed by atoms with E-state index < -0.39 is 23.3 Å². The topological polar surface area (TPSA) is 37.4 Å². The lowest BCUT2D eigenvalue weighted by Gasteiger charge is -2.18. The lowest BCUT2D eigenvalue weighted by Crippen LogP contribution is -2.29. The maximum Gasteiger partial charge on any atom is 0.299 e. The van der Waals surface area contributed by atoms with Gasteiger partial charge in [0.25, 0.3) is 11.7 Å². The smallest absolute Gasteiger partial charge is 0.298 e. The summed E-state index contributed by atoms with van der Waals surface area (Å²) in [5, 5.41) is 0. The SMILES string of the molecule is O=C1C(=O)N(Cc2ccccc2Br)c2c(F)cc(F)cc21. The molecule has 0 saturated heterocycles. The number of halogens is 3. The van der Waals surface area contributed by atoms with Gasteiger partial charge in [0.2, 0.25) is 0 Å². The van der Waals surface area contributed by atoms with E-state index in [0.29, 0.717) is 6.07 Å². The molecule has 0 atom stereocenters. The van der Waals surface area contributed by atoms with Crippen LogP contribution in [0.15, 0.2) is 40.9 Å². The molecule has 1 heterocycles. The highest BCUT2D eigenvalue weighted by Crippen LogP contribution is 2.34. The third-order valence-corrected chi connectivity index (χ3v) is 4.04. The van der Waals surface area contributed by atoms with Crippen LogP contribution in [0.1, 0.15) is 15.9 Å². The van der Waals surface area contributed by atoms with E-state index in [1.165, 1.54) is 0 Å². The first-order valence-electron chi connectivity index (χ1n) is 6.07. The summed E-state index contributed by atoms with van der Waals surface area (Å²) in [6.45, 7) is 0.0293. The van der Waals surface area contributed by atoms with E-state index in [9.17, 15) is 18.4 Å². The molecule has 21 heavy (non-hydrogen) atoms. The third-order valence-electron chi connectivity index (χ3n) is 3.27. The summed E-state index contributed by atoms with van der Waals surface area (Å²) in [6.07, 6.45) is 0. The molecule has 0 aromatic heterocycles. The molecule has 0 radical (unpaired) electrons. The second-order valence-corrected chi connectivity index (χ2v) is 5.45. The fourth-order valence-corrected chi connectivity index (χ4v) is 2.71. The fraction of sp³-hybridized carbons (Fsp3) is 0.0667. The van der Waals surface area contributed by atoms with Crippen LogP contribution in [0.4, 0.5) is 14.5 Å². The highest BCUT2D eigenvalue weighted by Gasteiger charge is 2.38. The highest BCUT2D eigenvalue weighted by molar-refractivity contribution is 9.10. The van der Waals surface area contributed by atoms with E-state index in [1.807, 2.05) is 0 Å². The minimum Gasteiger partial charge on any atom is -0.298 e. The monoisotopic (exact) mass is 351 g/mol. The quantitative estimate of drug-likeness (QED) is 0.777. The van der Waals surface area contributed by atoms with Gasteiger partial charge in [0.15, 0.2) is 5.82 Å². The Balaban J connectivity index is 2.08. The normalized spacial score (nSPS) is 13.8. The Kier molecular flexibility index (Phi) is 3.33. The Bertz CT molecular complexity index is 776. The number of rotatable bonds is 2. The number of hydrogen-bond donors (Lipinski definition) is 0. The van der Waals surface area contributed by atoms with Crippen LogP contribution in [0, 0.1) is 11.6 Å². The second-order valence-electron chi connectivity index (χ2n) is 4.60. The second kappa shape index (κ2) is 5.04. The summed E-state index contributed by atoms with van der Waals surface area (Å²) < 4.78 is 27.9. The van der Waals surface area contributed by atoms with Gasteiger partial charge in [0, 0.05) is 10.5 Å². The van der Waals surface area contributed by atoms with Gasteiger partial charge in [0.1, 0.15) is 5.82 Å². The van der Waals surface area contributed by atoms with Crippen molar-refractivity contribution in [1.82, 2.24) is 0 Å². The van der Waals surface area contributed by atoms with Gasteiger partial charge in [-0.05, 0) is 17.7 Å². The molecule has 1 aliphatic heterocycles. The van der Waals surface area contributed by atoms with Gasteiger partial charge in [-0.25, -0.2) is 8.78 Å². The van der Waals surface area contributed by atoms with E-state index in [2.05, 4.69) is 15.9 Å². The number of carbonyl (C=O) groups excluding carboxylic acids is 2. The molecule has 3 nitrogen and oxygen atoms in total. The van der Waals surface area contributed by atoms with E-state index >= 15 is 0 Å². The maximum absolute atomic E-state index is 14.0. The summed E-state index contributed by atoms with van der Waals surface area (Å²) in [7, 11) is 0. The van der Waals surface area contributed by atoms with Crippen LogP contribution in [0.3, 0.4) is 0 Å². The summed E-state index contributed by atoms with van der Waals surface area (Å²) in [5.41, 5.74) is 0.321. The van der Waals surface area contributed by atoms with E-state index in [1.54, 1.807) is 24.3 Å². The van der Waals surface area contributed by atoms with Crippen LogP contribution in [-0.2, 0) is 11.3 Å². The molecule has 0 spiro atoms. The number of nitrogens with zero attached hydrogens (tertiary/aromatic N) is 1. The molecule has 2 aromatic rings. The van der Waals surface area contributed by atoms with Crippen molar-refractivity contribution in [3.05, 3.63) is 63.6 Å². The van der Waals surface area contributed by atoms with Crippen LogP contribution in [0.2, 0.25) is 0 Å². The van der Waals surface area contributed by atoms with E-state index in [-0.39, 0.29) is 17.8 Å². The van der Waals surface area contributed by atoms with Crippen LogP contribution in [0.25, 0.3) is 0 Å². The summed E-state index contributed by atoms with van der Waals surface area (Å²) >= 11 is 3.33. The predicted molar refractivity (Wildman–Crippen MR) is 76.0 cm³/mol. The van der Waals surface area contributed by atoms with Crippen LogP contribution >= 0.6 is 15.9 Å². The summed E-state index contributed by atoms with van der Waals surface area (Å²) in [5.74, 6) is -3.55. The zero-order chi connectivity index (χ0) is 15.1. The third kappa shape index (κ3) is 2.25. The number of Topliss-reactive ketones (excluding diaryl/α,β-unsaturated/α-hetero) is 1. The van der Waals surface area contributed by atoms with Crippen molar-refractivity contribution in [2.45, 2.75) is 6.54 Å². The molecule has 0 aliphatic carbocycles. The fourth-order valence-electron chi connectivity index (χ4n) is 2.30. The highest BCUT2D eigenvalue weighted by atomic mass is 79.9. The van der Waals surface area contributed by atoms with Gasteiger partial charge >= 0.3 is 0 Å². The number of fused-ring (bicyclic) bond motifs is 1. The van der Waals surface area contributed by atoms with E-state index in [4.69, 9.17) is 0 Å². The Morgan fingerprint density at radius 2 is 1.81 bits per heavy atom. The van der Waals surface area contributed by atoms with Crippen molar-refractivity contribution in [2.24, 2.45) is 0 Å². The number of ketones is 1. The van der Waals surface area contributed by atoms with Gasteiger partial charge in [-0.3, -0.25) is 14.5 Å². The van der Waals surface area contributed by atoms with Crippen molar-refractivity contribution in [1.29, 1.82) is 0 Å². The Morgan fingerprint density at radius 3 is 2.52 bits per heavy atom. The first kappa shape index (κ1) is 13.9. The van der Waals surface area contributed by atoms with Gasteiger partial charge in [-0.15, -0.1) is 0 Å². The number of benzene rings is 2. The standard InChI is InChI=1S/C15H8BrF2NO2/c16-11-4-2-1-3-8(11)7-19-13-10(14(20)15(19)21)5-9(17)6-12(13)18/h1-6H,7H2. The van der Waals surface area contributed by atoms with Gasteiger partial charge in [-0.1, -0.05) is 34.1 Å². The minimum absolute atomic E-state index is 0.0293. The van der Waals surface area contributed by atoms with Gasteiger partial charge in [0.05, 0.1) is 17.8 Å². The molecule has 3 rings (SSSR count). The molecule has 6 heteroatoms. The van der Waals surface area contributed by atoms with Crippen molar-refractivity contribution in [3.63, 3.8) is 0 Å². The van der Waals surface area contributed by atoms with Crippen LogP contribution in [-0.4, -0.2) is 11.7 Å².